The molecule has 4 aromatic carbocycles. The van der Waals surface area contributed by atoms with Gasteiger partial charge in [-0.2, -0.15) is 19.9 Å². The van der Waals surface area contributed by atoms with E-state index in [1.54, 1.807) is 19.2 Å². The molecular weight excluding hydrogens is 641 g/mol. The highest BCUT2D eigenvalue weighted by atomic mass is 16.5. The van der Waals surface area contributed by atoms with Gasteiger partial charge in [0, 0.05) is 23.5 Å². The first-order chi connectivity index (χ1) is 24.7. The first-order valence-electron chi connectivity index (χ1n) is 16.2. The molecule has 8 aromatic rings. The van der Waals surface area contributed by atoms with Crippen LogP contribution >= 0.6 is 0 Å². The number of aryl methyl sites for hydroxylation is 3. The maximum Gasteiger partial charge on any atom is 0.231 e. The summed E-state index contributed by atoms with van der Waals surface area (Å²) in [7, 11) is 1.63. The SMILES string of the molecule is COc1ccc(Nc2nc(N)cc(-n3c(C)nc4ccccc43)n2)cc1.Cc1ccc(Nc2nc(N)cc(-n3c(C)nc4ccccc43)n2)cc1. The summed E-state index contributed by atoms with van der Waals surface area (Å²) in [6, 6.07) is 34.9. The number of fused-ring (bicyclic) bond motifs is 2. The lowest BCUT2D eigenvalue weighted by molar-refractivity contribution is 0.415. The van der Waals surface area contributed by atoms with Crippen LogP contribution in [0.3, 0.4) is 0 Å². The molecule has 0 radical (unpaired) electrons. The van der Waals surface area contributed by atoms with Crippen LogP contribution in [-0.4, -0.2) is 46.1 Å². The van der Waals surface area contributed by atoms with Gasteiger partial charge >= 0.3 is 0 Å². The lowest BCUT2D eigenvalue weighted by Crippen LogP contribution is -2.07. The maximum atomic E-state index is 6.01. The lowest BCUT2D eigenvalue weighted by atomic mass is 10.2. The summed E-state index contributed by atoms with van der Waals surface area (Å²) in [5.41, 5.74) is 18.8. The Morgan fingerprint density at radius 2 is 0.961 bits per heavy atom. The lowest BCUT2D eigenvalue weighted by Gasteiger charge is -2.11. The Morgan fingerprint density at radius 1 is 0.529 bits per heavy atom. The van der Waals surface area contributed by atoms with E-state index in [1.807, 2.05) is 127 Å². The van der Waals surface area contributed by atoms with Crippen molar-refractivity contribution < 1.29 is 4.74 Å². The highest BCUT2D eigenvalue weighted by molar-refractivity contribution is 5.79. The van der Waals surface area contributed by atoms with E-state index in [0.717, 1.165) is 50.8 Å². The van der Waals surface area contributed by atoms with Gasteiger partial charge in [0.1, 0.15) is 40.7 Å². The molecule has 254 valence electrons. The molecule has 0 bridgehead atoms. The molecule has 0 amide bonds. The topological polar surface area (TPSA) is 173 Å². The quantitative estimate of drug-likeness (QED) is 0.134. The van der Waals surface area contributed by atoms with Gasteiger partial charge in [-0.3, -0.25) is 9.13 Å². The number of benzene rings is 4. The second-order valence-corrected chi connectivity index (χ2v) is 11.8. The van der Waals surface area contributed by atoms with Crippen molar-refractivity contribution in [2.75, 3.05) is 29.2 Å². The Bertz CT molecular complexity index is 2470. The van der Waals surface area contributed by atoms with Crippen molar-refractivity contribution in [2.45, 2.75) is 20.8 Å². The van der Waals surface area contributed by atoms with E-state index in [9.17, 15) is 0 Å². The number of nitrogens with two attached hydrogens (primary N) is 2. The number of nitrogens with zero attached hydrogens (tertiary/aromatic N) is 8. The van der Waals surface area contributed by atoms with Gasteiger partial charge in [0.25, 0.3) is 0 Å². The standard InChI is InChI=1S/C19H18N6O.C19H18N6/c1-12-21-15-5-3-4-6-16(15)25(12)18-11-17(20)23-19(24-18)22-13-7-9-14(26-2)10-8-13;1-12-7-9-14(10-8-12)22-19-23-17(20)11-18(24-19)25-13(2)21-15-5-3-4-6-16(15)25/h3-11H,1-2H3,(H3,20,22,23,24);3-11H,1-2H3,(H3,20,22,23,24). The first-order valence-corrected chi connectivity index (χ1v) is 16.2. The van der Waals surface area contributed by atoms with Crippen molar-refractivity contribution in [1.29, 1.82) is 0 Å². The van der Waals surface area contributed by atoms with Crippen LogP contribution in [0.15, 0.2) is 109 Å². The number of hydrogen-bond donors (Lipinski definition) is 4. The molecule has 13 nitrogen and oxygen atoms in total. The molecule has 8 rings (SSSR count). The van der Waals surface area contributed by atoms with Crippen molar-refractivity contribution >= 4 is 57.0 Å². The summed E-state index contributed by atoms with van der Waals surface area (Å²) < 4.78 is 9.12. The normalized spacial score (nSPS) is 10.9. The zero-order valence-corrected chi connectivity index (χ0v) is 28.5. The highest BCUT2D eigenvalue weighted by Gasteiger charge is 2.14. The molecule has 6 N–H and O–H groups in total. The molecule has 0 aliphatic heterocycles. The molecule has 13 heteroatoms. The molecule has 0 aliphatic rings. The van der Waals surface area contributed by atoms with Crippen LogP contribution in [0.2, 0.25) is 0 Å². The van der Waals surface area contributed by atoms with Crippen LogP contribution in [0.5, 0.6) is 5.75 Å². The number of nitrogens with one attached hydrogen (secondary N) is 2. The van der Waals surface area contributed by atoms with Crippen molar-refractivity contribution in [3.63, 3.8) is 0 Å². The first kappa shape index (κ1) is 32.5. The van der Waals surface area contributed by atoms with Gasteiger partial charge in [-0.05, 0) is 81.4 Å². The third-order valence-electron chi connectivity index (χ3n) is 8.03. The fourth-order valence-corrected chi connectivity index (χ4v) is 5.69. The Labute approximate surface area is 294 Å². The second-order valence-electron chi connectivity index (χ2n) is 11.8. The number of anilines is 6. The van der Waals surface area contributed by atoms with Crippen LogP contribution in [0.4, 0.5) is 34.9 Å². The monoisotopic (exact) mass is 676 g/mol. The summed E-state index contributed by atoms with van der Waals surface area (Å²) in [6.45, 7) is 5.94. The zero-order valence-electron chi connectivity index (χ0n) is 28.5. The number of methoxy groups -OCH3 is 1. The minimum Gasteiger partial charge on any atom is -0.497 e. The number of nitrogen functional groups attached to an aromatic ring is 2. The van der Waals surface area contributed by atoms with Gasteiger partial charge < -0.3 is 26.8 Å². The van der Waals surface area contributed by atoms with E-state index in [2.05, 4.69) is 40.5 Å². The Balaban J connectivity index is 0.000000159. The molecule has 0 atom stereocenters. The second kappa shape index (κ2) is 13.8. The van der Waals surface area contributed by atoms with Crippen LogP contribution in [-0.2, 0) is 0 Å². The summed E-state index contributed by atoms with van der Waals surface area (Å²) in [5, 5.41) is 6.38. The molecule has 4 aromatic heterocycles. The molecule has 0 saturated heterocycles. The fourth-order valence-electron chi connectivity index (χ4n) is 5.69. The van der Waals surface area contributed by atoms with Gasteiger partial charge in [0.05, 0.1) is 29.2 Å². The van der Waals surface area contributed by atoms with E-state index in [0.29, 0.717) is 35.2 Å². The van der Waals surface area contributed by atoms with E-state index < -0.39 is 0 Å². The average Bonchev–Trinajstić information content (AvgIpc) is 3.64. The van der Waals surface area contributed by atoms with Crippen LogP contribution in [0.1, 0.15) is 17.2 Å². The maximum absolute atomic E-state index is 6.01. The highest BCUT2D eigenvalue weighted by Crippen LogP contribution is 2.25. The Morgan fingerprint density at radius 3 is 1.41 bits per heavy atom. The summed E-state index contributed by atoms with van der Waals surface area (Å²) in [5.74, 6) is 5.47. The van der Waals surface area contributed by atoms with E-state index >= 15 is 0 Å². The molecule has 51 heavy (non-hydrogen) atoms. The molecule has 0 saturated carbocycles. The zero-order chi connectivity index (χ0) is 35.5. The average molecular weight is 677 g/mol. The number of para-hydroxylation sites is 4. The molecule has 0 unspecified atom stereocenters. The van der Waals surface area contributed by atoms with Gasteiger partial charge in [0.2, 0.25) is 11.9 Å². The van der Waals surface area contributed by atoms with Crippen molar-refractivity contribution in [3.8, 4) is 17.4 Å². The number of hydrogen-bond acceptors (Lipinski definition) is 11. The fraction of sp³-hybridized carbons (Fsp3) is 0.105. The predicted molar refractivity (Wildman–Crippen MR) is 202 cm³/mol. The van der Waals surface area contributed by atoms with Crippen LogP contribution < -0.4 is 26.8 Å². The van der Waals surface area contributed by atoms with Gasteiger partial charge in [-0.15, -0.1) is 0 Å². The van der Waals surface area contributed by atoms with Crippen molar-refractivity contribution in [1.82, 2.24) is 39.0 Å². The van der Waals surface area contributed by atoms with Crippen molar-refractivity contribution in [3.05, 3.63) is 126 Å². The Hall–Kier alpha value is -7.02. The van der Waals surface area contributed by atoms with Gasteiger partial charge in [0.15, 0.2) is 0 Å². The van der Waals surface area contributed by atoms with E-state index in [4.69, 9.17) is 16.2 Å². The predicted octanol–water partition coefficient (Wildman–Crippen LogP) is 7.22. The largest absolute Gasteiger partial charge is 0.497 e. The van der Waals surface area contributed by atoms with Crippen molar-refractivity contribution in [2.24, 2.45) is 0 Å². The molecule has 4 heterocycles. The number of rotatable bonds is 7. The van der Waals surface area contributed by atoms with Gasteiger partial charge in [-0.1, -0.05) is 42.0 Å². The minimum absolute atomic E-state index is 0.378. The summed E-state index contributed by atoms with van der Waals surface area (Å²) in [6.07, 6.45) is 0. The number of aromatic nitrogens is 8. The molecular formula is C38H36N12O. The third kappa shape index (κ3) is 7.08. The van der Waals surface area contributed by atoms with E-state index in [1.165, 1.54) is 5.56 Å². The number of imidazole rings is 2. The smallest absolute Gasteiger partial charge is 0.231 e. The van der Waals surface area contributed by atoms with E-state index in [-0.39, 0.29) is 0 Å². The van der Waals surface area contributed by atoms with Crippen LogP contribution in [0.25, 0.3) is 33.7 Å². The third-order valence-corrected chi connectivity index (χ3v) is 8.03. The summed E-state index contributed by atoms with van der Waals surface area (Å²) >= 11 is 0. The minimum atomic E-state index is 0.378. The molecule has 0 fully saturated rings. The molecule has 0 aliphatic carbocycles. The summed E-state index contributed by atoms with van der Waals surface area (Å²) in [4.78, 5) is 27.0. The molecule has 0 spiro atoms. The van der Waals surface area contributed by atoms with Gasteiger partial charge in [-0.25, -0.2) is 9.97 Å². The van der Waals surface area contributed by atoms with Crippen LogP contribution in [0, 0.1) is 20.8 Å². The number of ether oxygens (including phenoxy) is 1. The Kier molecular flexibility index (Phi) is 8.83.